The summed E-state index contributed by atoms with van der Waals surface area (Å²) in [6.07, 6.45) is 3.05. The third-order valence-corrected chi connectivity index (χ3v) is 3.63. The molecule has 0 spiro atoms. The van der Waals surface area contributed by atoms with Gasteiger partial charge in [0.05, 0.1) is 12.2 Å². The summed E-state index contributed by atoms with van der Waals surface area (Å²) in [5.74, 6) is 0.811. The molecule has 0 saturated heterocycles. The van der Waals surface area contributed by atoms with Gasteiger partial charge in [-0.25, -0.2) is 0 Å². The number of benzene rings is 1. The summed E-state index contributed by atoms with van der Waals surface area (Å²) in [6.45, 7) is 3.72. The van der Waals surface area contributed by atoms with Crippen molar-refractivity contribution in [1.29, 1.82) is 0 Å². The quantitative estimate of drug-likeness (QED) is 0.867. The zero-order valence-electron chi connectivity index (χ0n) is 11.1. The van der Waals surface area contributed by atoms with Gasteiger partial charge in [0.2, 0.25) is 0 Å². The van der Waals surface area contributed by atoms with E-state index in [0.29, 0.717) is 0 Å². The summed E-state index contributed by atoms with van der Waals surface area (Å²) in [7, 11) is 0. The van der Waals surface area contributed by atoms with E-state index < -0.39 is 6.10 Å². The highest BCUT2D eigenvalue weighted by molar-refractivity contribution is 5.37. The Morgan fingerprint density at radius 1 is 1.28 bits per heavy atom. The Morgan fingerprint density at radius 3 is 2.61 bits per heavy atom. The molecule has 0 radical (unpaired) electrons. The largest absolute Gasteiger partial charge is 0.487 e. The Morgan fingerprint density at radius 2 is 2.00 bits per heavy atom. The van der Waals surface area contributed by atoms with Crippen molar-refractivity contribution in [1.82, 2.24) is 0 Å². The van der Waals surface area contributed by atoms with Crippen LogP contribution in [0.5, 0.6) is 5.75 Å². The fourth-order valence-corrected chi connectivity index (χ4v) is 2.44. The molecule has 3 heteroatoms. The minimum Gasteiger partial charge on any atom is -0.487 e. The van der Waals surface area contributed by atoms with E-state index in [1.54, 1.807) is 6.92 Å². The van der Waals surface area contributed by atoms with Crippen molar-refractivity contribution < 1.29 is 14.9 Å². The van der Waals surface area contributed by atoms with E-state index in [-0.39, 0.29) is 12.2 Å². The number of aliphatic hydroxyl groups excluding tert-OH is 2. The molecule has 2 N–H and O–H groups in total. The highest BCUT2D eigenvalue weighted by atomic mass is 16.5. The van der Waals surface area contributed by atoms with Gasteiger partial charge >= 0.3 is 0 Å². The molecule has 1 fully saturated rings. The van der Waals surface area contributed by atoms with Crippen molar-refractivity contribution in [3.63, 3.8) is 0 Å². The van der Waals surface area contributed by atoms with Gasteiger partial charge in [0.25, 0.3) is 0 Å². The average molecular weight is 250 g/mol. The summed E-state index contributed by atoms with van der Waals surface area (Å²) in [5.41, 5.74) is 1.90. The standard InChI is InChI=1S/C15H22O3/c1-10-9-12(11(2)16)7-8-14(10)18-15-6-4-3-5-13(15)17/h7-9,11,13,15-17H,3-6H2,1-2H3/t11-,13?,15?/m1/s1. The molecular weight excluding hydrogens is 228 g/mol. The second kappa shape index (κ2) is 5.72. The molecule has 0 bridgehead atoms. The fourth-order valence-electron chi connectivity index (χ4n) is 2.44. The number of hydrogen-bond donors (Lipinski definition) is 2. The number of hydrogen-bond acceptors (Lipinski definition) is 3. The third kappa shape index (κ3) is 3.03. The second-order valence-electron chi connectivity index (χ2n) is 5.21. The number of ether oxygens (including phenoxy) is 1. The van der Waals surface area contributed by atoms with Crippen LogP contribution in [0.2, 0.25) is 0 Å². The maximum atomic E-state index is 9.90. The first-order chi connectivity index (χ1) is 8.58. The molecule has 0 aromatic heterocycles. The Hall–Kier alpha value is -1.06. The fraction of sp³-hybridized carbons (Fsp3) is 0.600. The van der Waals surface area contributed by atoms with Crippen LogP contribution in [0.3, 0.4) is 0 Å². The topological polar surface area (TPSA) is 49.7 Å². The van der Waals surface area contributed by atoms with Crippen molar-refractivity contribution in [3.05, 3.63) is 29.3 Å². The van der Waals surface area contributed by atoms with Crippen molar-refractivity contribution in [2.45, 2.75) is 57.8 Å². The first-order valence-corrected chi connectivity index (χ1v) is 6.71. The maximum Gasteiger partial charge on any atom is 0.124 e. The molecule has 3 nitrogen and oxygen atoms in total. The van der Waals surface area contributed by atoms with Gasteiger partial charge in [-0.05, 0) is 56.4 Å². The van der Waals surface area contributed by atoms with Crippen molar-refractivity contribution in [2.75, 3.05) is 0 Å². The molecule has 1 saturated carbocycles. The van der Waals surface area contributed by atoms with Crippen molar-refractivity contribution >= 4 is 0 Å². The van der Waals surface area contributed by atoms with Crippen LogP contribution in [0, 0.1) is 6.92 Å². The van der Waals surface area contributed by atoms with Gasteiger partial charge in [-0.2, -0.15) is 0 Å². The molecule has 1 aromatic rings. The second-order valence-corrected chi connectivity index (χ2v) is 5.21. The lowest BCUT2D eigenvalue weighted by Gasteiger charge is -2.29. The number of aliphatic hydroxyl groups is 2. The minimum atomic E-state index is -0.460. The summed E-state index contributed by atoms with van der Waals surface area (Å²) in [4.78, 5) is 0. The lowest BCUT2D eigenvalue weighted by molar-refractivity contribution is 0.00651. The van der Waals surface area contributed by atoms with Gasteiger partial charge in [0.1, 0.15) is 11.9 Å². The van der Waals surface area contributed by atoms with E-state index in [0.717, 1.165) is 42.6 Å². The molecular formula is C15H22O3. The first kappa shape index (κ1) is 13.4. The zero-order chi connectivity index (χ0) is 13.1. The van der Waals surface area contributed by atoms with E-state index in [4.69, 9.17) is 4.74 Å². The van der Waals surface area contributed by atoms with E-state index in [2.05, 4.69) is 0 Å². The normalized spacial score (nSPS) is 25.8. The van der Waals surface area contributed by atoms with Crippen LogP contribution in [-0.4, -0.2) is 22.4 Å². The molecule has 2 unspecified atom stereocenters. The monoisotopic (exact) mass is 250 g/mol. The summed E-state index contributed by atoms with van der Waals surface area (Å²) >= 11 is 0. The van der Waals surface area contributed by atoms with Crippen LogP contribution >= 0.6 is 0 Å². The lowest BCUT2D eigenvalue weighted by Crippen LogP contribution is -2.34. The highest BCUT2D eigenvalue weighted by Crippen LogP contribution is 2.27. The predicted molar refractivity (Wildman–Crippen MR) is 70.7 cm³/mol. The van der Waals surface area contributed by atoms with Gasteiger partial charge < -0.3 is 14.9 Å². The van der Waals surface area contributed by atoms with Crippen molar-refractivity contribution in [3.8, 4) is 5.75 Å². The molecule has 0 aliphatic heterocycles. The minimum absolute atomic E-state index is 0.0881. The Bertz CT molecular complexity index is 401. The molecule has 1 aromatic carbocycles. The van der Waals surface area contributed by atoms with E-state index >= 15 is 0 Å². The molecule has 1 aliphatic rings. The molecule has 0 amide bonds. The Balaban J connectivity index is 2.09. The van der Waals surface area contributed by atoms with Gasteiger partial charge in [-0.3, -0.25) is 0 Å². The van der Waals surface area contributed by atoms with Gasteiger partial charge in [0.15, 0.2) is 0 Å². The van der Waals surface area contributed by atoms with Crippen molar-refractivity contribution in [2.24, 2.45) is 0 Å². The molecule has 0 heterocycles. The first-order valence-electron chi connectivity index (χ1n) is 6.71. The predicted octanol–water partition coefficient (Wildman–Crippen LogP) is 2.73. The van der Waals surface area contributed by atoms with Crippen LogP contribution in [0.4, 0.5) is 0 Å². The molecule has 2 rings (SSSR count). The van der Waals surface area contributed by atoms with Crippen LogP contribution in [-0.2, 0) is 0 Å². The SMILES string of the molecule is Cc1cc([C@@H](C)O)ccc1OC1CCCCC1O. The van der Waals surface area contributed by atoms with E-state index in [1.165, 1.54) is 0 Å². The average Bonchev–Trinajstić information content (AvgIpc) is 2.34. The summed E-state index contributed by atoms with van der Waals surface area (Å²) in [6, 6.07) is 5.70. The summed E-state index contributed by atoms with van der Waals surface area (Å²) in [5, 5.41) is 19.4. The highest BCUT2D eigenvalue weighted by Gasteiger charge is 2.25. The number of aryl methyl sites for hydroxylation is 1. The van der Waals surface area contributed by atoms with Crippen LogP contribution < -0.4 is 4.74 Å². The molecule has 100 valence electrons. The smallest absolute Gasteiger partial charge is 0.124 e. The Kier molecular flexibility index (Phi) is 4.25. The van der Waals surface area contributed by atoms with Gasteiger partial charge in [-0.15, -0.1) is 0 Å². The molecule has 3 atom stereocenters. The lowest BCUT2D eigenvalue weighted by atomic mass is 9.94. The number of rotatable bonds is 3. The maximum absolute atomic E-state index is 9.90. The molecule has 18 heavy (non-hydrogen) atoms. The van der Waals surface area contributed by atoms with Gasteiger partial charge in [-0.1, -0.05) is 12.5 Å². The van der Waals surface area contributed by atoms with Gasteiger partial charge in [0, 0.05) is 0 Å². The van der Waals surface area contributed by atoms with Crippen LogP contribution in [0.15, 0.2) is 18.2 Å². The zero-order valence-corrected chi connectivity index (χ0v) is 11.1. The molecule has 1 aliphatic carbocycles. The third-order valence-electron chi connectivity index (χ3n) is 3.63. The van der Waals surface area contributed by atoms with E-state index in [1.807, 2.05) is 25.1 Å². The van der Waals surface area contributed by atoms with Crippen LogP contribution in [0.1, 0.15) is 49.8 Å². The van der Waals surface area contributed by atoms with E-state index in [9.17, 15) is 10.2 Å². The van der Waals surface area contributed by atoms with Crippen LogP contribution in [0.25, 0.3) is 0 Å². The summed E-state index contributed by atoms with van der Waals surface area (Å²) < 4.78 is 5.90. The Labute approximate surface area is 108 Å².